The Morgan fingerprint density at radius 3 is 2.30 bits per heavy atom. The van der Waals surface area contributed by atoms with Crippen LogP contribution in [0, 0.1) is 58.2 Å². The Kier molecular flexibility index (Phi) is 11.0. The van der Waals surface area contributed by atoms with Crippen LogP contribution in [0.3, 0.4) is 0 Å². The Bertz CT molecular complexity index is 1170. The third-order valence-electron chi connectivity index (χ3n) is 13.9. The number of fused-ring (bicyclic) bond motifs is 5. The number of carboxylic acids is 1. The molecule has 262 valence electrons. The zero-order valence-electron chi connectivity index (χ0n) is 31.2. The van der Waals surface area contributed by atoms with Gasteiger partial charge in [-0.3, -0.25) is 4.79 Å². The van der Waals surface area contributed by atoms with Crippen molar-refractivity contribution in [3.63, 3.8) is 0 Å². The molecule has 4 aliphatic rings. The molecule has 0 aromatic rings. The summed E-state index contributed by atoms with van der Waals surface area (Å²) in [5.74, 6) is 0.596. The van der Waals surface area contributed by atoms with E-state index < -0.39 is 29.2 Å². The third-order valence-corrected chi connectivity index (χ3v) is 13.9. The second kappa shape index (κ2) is 13.6. The largest absolute Gasteiger partial charge is 0.476 e. The summed E-state index contributed by atoms with van der Waals surface area (Å²) in [5, 5.41) is 12.2. The molecule has 3 saturated carbocycles. The van der Waals surface area contributed by atoms with Crippen LogP contribution in [0.15, 0.2) is 11.6 Å². The summed E-state index contributed by atoms with van der Waals surface area (Å²) >= 11 is 0. The summed E-state index contributed by atoms with van der Waals surface area (Å²) in [7, 11) is 8.31. The molecule has 10 atom stereocenters. The lowest BCUT2D eigenvalue weighted by Crippen LogP contribution is -2.74. The average molecular weight is 644 g/mol. The summed E-state index contributed by atoms with van der Waals surface area (Å²) in [5.41, 5.74) is -0.216. The summed E-state index contributed by atoms with van der Waals surface area (Å²) in [6.45, 7) is 14.4. The van der Waals surface area contributed by atoms with Gasteiger partial charge in [-0.2, -0.15) is 0 Å². The maximum atomic E-state index is 14.1. The van der Waals surface area contributed by atoms with E-state index in [-0.39, 0.29) is 15.8 Å². The fourth-order valence-corrected chi connectivity index (χ4v) is 11.9. The van der Waals surface area contributed by atoms with E-state index in [9.17, 15) is 19.5 Å². The number of likely N-dealkylation sites (N-methyl/N-ethyl adjacent to an activating group) is 1. The number of rotatable bonds is 13. The van der Waals surface area contributed by atoms with Gasteiger partial charge in [0.1, 0.15) is 0 Å². The maximum absolute atomic E-state index is 14.1. The first kappa shape index (κ1) is 37.1. The van der Waals surface area contributed by atoms with Crippen molar-refractivity contribution in [3.05, 3.63) is 11.6 Å². The molecule has 0 amide bonds. The number of aliphatic carboxylic acids is 1. The van der Waals surface area contributed by atoms with Crippen LogP contribution in [-0.4, -0.2) is 73.2 Å². The van der Waals surface area contributed by atoms with Crippen LogP contribution >= 0.6 is 0 Å². The lowest BCUT2D eigenvalue weighted by molar-refractivity contribution is -0.908. The second-order valence-electron chi connectivity index (χ2n) is 18.0. The lowest BCUT2D eigenvalue weighted by Gasteiger charge is -2.61. The van der Waals surface area contributed by atoms with Gasteiger partial charge in [0, 0.05) is 20.0 Å². The first-order valence-corrected chi connectivity index (χ1v) is 18.5. The Morgan fingerprint density at radius 1 is 1.07 bits per heavy atom. The number of Topliss-reactive ketones (excluding diaryl/α,β-unsaturated/α-hetero) is 1. The van der Waals surface area contributed by atoms with Crippen molar-refractivity contribution in [2.45, 2.75) is 124 Å². The highest BCUT2D eigenvalue weighted by atomic mass is 16.7. The summed E-state index contributed by atoms with van der Waals surface area (Å²) in [4.78, 5) is 46.0. The van der Waals surface area contributed by atoms with Gasteiger partial charge in [-0.1, -0.05) is 85.3 Å². The van der Waals surface area contributed by atoms with Crippen molar-refractivity contribution < 1.29 is 28.8 Å². The molecular weight excluding hydrogens is 576 g/mol. The first-order valence-electron chi connectivity index (χ1n) is 18.5. The number of carboxylic acid groups (broad SMARTS) is 1. The van der Waals surface area contributed by atoms with Crippen molar-refractivity contribution in [3.8, 4) is 0 Å². The quantitative estimate of drug-likeness (QED) is 0.0725. The SMILES string of the molecule is CCCC1C[C@@]2(C)C(=CCC3C2CC[C@@]2(C)C3CC[C@@H]2[C@H](C)CCCC(C)C)CC1[C@](C(=O)O)(C(=O)C(=O)ON(C)C)[N+](C)(C)C. The number of carbonyl (C=O) groups is 3. The topological polar surface area (TPSA) is 83.9 Å². The van der Waals surface area contributed by atoms with Crippen molar-refractivity contribution in [1.29, 1.82) is 0 Å². The molecule has 0 aromatic heterocycles. The van der Waals surface area contributed by atoms with Crippen LogP contribution < -0.4 is 0 Å². The number of ketones is 1. The van der Waals surface area contributed by atoms with Gasteiger partial charge in [0.05, 0.1) is 21.1 Å². The molecule has 0 bridgehead atoms. The molecule has 0 heterocycles. The van der Waals surface area contributed by atoms with Gasteiger partial charge in [-0.25, -0.2) is 9.59 Å². The van der Waals surface area contributed by atoms with Gasteiger partial charge >= 0.3 is 17.7 Å². The van der Waals surface area contributed by atoms with Gasteiger partial charge in [0.2, 0.25) is 0 Å². The Hall–Kier alpha value is -1.73. The number of allylic oxidation sites excluding steroid dienone is 2. The molecule has 4 rings (SSSR count). The molecular formula is C39H67N2O5+. The average Bonchev–Trinajstić information content (AvgIpc) is 3.29. The highest BCUT2D eigenvalue weighted by molar-refractivity contribution is 6.41. The normalized spacial score (nSPS) is 36.2. The molecule has 46 heavy (non-hydrogen) atoms. The van der Waals surface area contributed by atoms with Crippen LogP contribution in [0.2, 0.25) is 0 Å². The monoisotopic (exact) mass is 644 g/mol. The summed E-state index contributed by atoms with van der Waals surface area (Å²) in [6, 6.07) is 0. The number of hydrogen-bond acceptors (Lipinski definition) is 5. The molecule has 0 spiro atoms. The highest BCUT2D eigenvalue weighted by Gasteiger charge is 2.69. The van der Waals surface area contributed by atoms with Crippen LogP contribution in [0.5, 0.6) is 0 Å². The van der Waals surface area contributed by atoms with Gasteiger partial charge < -0.3 is 14.4 Å². The Balaban J connectivity index is 1.68. The minimum Gasteiger partial charge on any atom is -0.476 e. The number of carbonyl (C=O) groups excluding carboxylic acids is 2. The summed E-state index contributed by atoms with van der Waals surface area (Å²) in [6.07, 6.45) is 15.9. The van der Waals surface area contributed by atoms with Crippen LogP contribution in [0.25, 0.3) is 0 Å². The van der Waals surface area contributed by atoms with E-state index in [1.165, 1.54) is 69.7 Å². The predicted octanol–water partition coefficient (Wildman–Crippen LogP) is 7.79. The Labute approximate surface area is 280 Å². The Morgan fingerprint density at radius 2 is 1.74 bits per heavy atom. The fourth-order valence-electron chi connectivity index (χ4n) is 11.9. The maximum Gasteiger partial charge on any atom is 0.400 e. The molecule has 7 heteroatoms. The van der Waals surface area contributed by atoms with Gasteiger partial charge in [0.15, 0.2) is 0 Å². The second-order valence-corrected chi connectivity index (χ2v) is 18.0. The molecule has 4 aliphatic carbocycles. The lowest BCUT2D eigenvalue weighted by atomic mass is 9.44. The molecule has 0 saturated heterocycles. The van der Waals surface area contributed by atoms with Gasteiger partial charge in [0.25, 0.3) is 5.54 Å². The smallest absolute Gasteiger partial charge is 0.400 e. The van der Waals surface area contributed by atoms with Crippen molar-refractivity contribution in [2.24, 2.45) is 58.2 Å². The van der Waals surface area contributed by atoms with Gasteiger partial charge in [-0.15, -0.1) is 5.06 Å². The number of hydrogen-bond donors (Lipinski definition) is 1. The molecule has 1 N–H and O–H groups in total. The minimum atomic E-state index is -1.94. The molecule has 0 radical (unpaired) electrons. The van der Waals surface area contributed by atoms with Crippen molar-refractivity contribution in [2.75, 3.05) is 35.2 Å². The molecule has 0 aromatic carbocycles. The molecule has 7 nitrogen and oxygen atoms in total. The highest BCUT2D eigenvalue weighted by Crippen LogP contribution is 2.69. The zero-order chi connectivity index (χ0) is 34.4. The molecule has 0 aliphatic heterocycles. The van der Waals surface area contributed by atoms with E-state index in [2.05, 4.69) is 47.6 Å². The van der Waals surface area contributed by atoms with Crippen LogP contribution in [-0.2, 0) is 19.2 Å². The first-order chi connectivity index (χ1) is 21.4. The number of hydroxylamine groups is 2. The van der Waals surface area contributed by atoms with E-state index >= 15 is 0 Å². The minimum absolute atomic E-state index is 0.0100. The standard InChI is InChI=1S/C39H66N2O5/c1-12-14-27-24-38(6)28(23-33(27)39(36(44)45,41(9,10)11)34(42)35(43)46-40(7)8)17-18-29-31-20-19-30(26(4)16-13-15-25(2)3)37(31,5)22-21-32(29)38/h17,25-27,29-33H,12-16,18-24H2,1-11H3/p+1/t26-,27?,29?,30-,31?,32?,33?,37-,38+,39-/m1/s1. The van der Waals surface area contributed by atoms with Crippen LogP contribution in [0.1, 0.15) is 119 Å². The zero-order valence-corrected chi connectivity index (χ0v) is 31.2. The van der Waals surface area contributed by atoms with Crippen LogP contribution in [0.4, 0.5) is 0 Å². The number of nitrogens with zero attached hydrogens (tertiary/aromatic N) is 2. The van der Waals surface area contributed by atoms with E-state index in [1.54, 1.807) is 21.1 Å². The fraction of sp³-hybridized carbons (Fsp3) is 0.872. The third kappa shape index (κ3) is 6.26. The van der Waals surface area contributed by atoms with E-state index in [1.807, 2.05) is 0 Å². The van der Waals surface area contributed by atoms with E-state index in [0.717, 1.165) is 49.4 Å². The van der Waals surface area contributed by atoms with E-state index in [4.69, 9.17) is 4.84 Å². The van der Waals surface area contributed by atoms with Crippen molar-refractivity contribution in [1.82, 2.24) is 5.06 Å². The molecule has 3 fully saturated rings. The van der Waals surface area contributed by atoms with Crippen molar-refractivity contribution >= 4 is 17.7 Å². The number of quaternary nitrogens is 1. The van der Waals surface area contributed by atoms with Gasteiger partial charge in [-0.05, 0) is 97.2 Å². The predicted molar refractivity (Wildman–Crippen MR) is 184 cm³/mol. The van der Waals surface area contributed by atoms with E-state index in [0.29, 0.717) is 23.7 Å². The molecule has 5 unspecified atom stereocenters. The summed E-state index contributed by atoms with van der Waals surface area (Å²) < 4.78 is -0.165.